The van der Waals surface area contributed by atoms with Gasteiger partial charge in [-0.2, -0.15) is 0 Å². The highest BCUT2D eigenvalue weighted by molar-refractivity contribution is 5.97. The van der Waals surface area contributed by atoms with Gasteiger partial charge in [-0.25, -0.2) is 0 Å². The monoisotopic (exact) mass is 241 g/mol. The van der Waals surface area contributed by atoms with Gasteiger partial charge in [0.2, 0.25) is 0 Å². The lowest BCUT2D eigenvalue weighted by Crippen LogP contribution is -2.16. The maximum Gasteiger partial charge on any atom is 0.196 e. The summed E-state index contributed by atoms with van der Waals surface area (Å²) in [5, 5.41) is 2.23. The largest absolute Gasteiger partial charge is 0.441 e. The van der Waals surface area contributed by atoms with Crippen LogP contribution in [0.25, 0.3) is 21.9 Å². The number of rotatable bonds is 1. The van der Waals surface area contributed by atoms with Crippen LogP contribution in [0.4, 0.5) is 11.7 Å². The summed E-state index contributed by atoms with van der Waals surface area (Å²) in [4.78, 5) is 5.46. The van der Waals surface area contributed by atoms with Crippen molar-refractivity contribution >= 4 is 33.6 Å². The van der Waals surface area contributed by atoms with Crippen molar-refractivity contribution in [3.05, 3.63) is 24.3 Å². The van der Waals surface area contributed by atoms with Gasteiger partial charge in [-0.15, -0.1) is 0 Å². The minimum absolute atomic E-state index is 0.692. The number of aromatic nitrogens is 1. The standard InChI is InChI=1S/C14H15N3O/c15-13-7-9-6-12-10(5-11(9)16-13)8-14(18-12)17-3-1-2-4-17/h5-8,16H,1-4,15H2. The van der Waals surface area contributed by atoms with E-state index < -0.39 is 0 Å². The van der Waals surface area contributed by atoms with Crippen LogP contribution >= 0.6 is 0 Å². The summed E-state index contributed by atoms with van der Waals surface area (Å²) < 4.78 is 5.94. The average molecular weight is 241 g/mol. The number of benzene rings is 1. The molecule has 0 bridgehead atoms. The second-order valence-electron chi connectivity index (χ2n) is 4.98. The number of anilines is 2. The summed E-state index contributed by atoms with van der Waals surface area (Å²) in [5.41, 5.74) is 7.75. The van der Waals surface area contributed by atoms with E-state index in [0.717, 1.165) is 40.8 Å². The minimum Gasteiger partial charge on any atom is -0.441 e. The number of furan rings is 1. The summed E-state index contributed by atoms with van der Waals surface area (Å²) in [5.74, 6) is 1.68. The number of nitrogen functional groups attached to an aromatic ring is 1. The third-order valence-electron chi connectivity index (χ3n) is 3.68. The fourth-order valence-electron chi connectivity index (χ4n) is 2.77. The van der Waals surface area contributed by atoms with E-state index in [2.05, 4.69) is 28.1 Å². The zero-order valence-corrected chi connectivity index (χ0v) is 10.1. The molecule has 0 aliphatic carbocycles. The molecule has 3 aromatic rings. The normalized spacial score (nSPS) is 16.1. The van der Waals surface area contributed by atoms with E-state index in [1.165, 1.54) is 12.8 Å². The Morgan fingerprint density at radius 1 is 1.06 bits per heavy atom. The molecular formula is C14H15N3O. The molecule has 0 amide bonds. The first-order valence-corrected chi connectivity index (χ1v) is 6.36. The summed E-state index contributed by atoms with van der Waals surface area (Å²) in [7, 11) is 0. The van der Waals surface area contributed by atoms with Gasteiger partial charge < -0.3 is 20.0 Å². The SMILES string of the molecule is Nc1cc2cc3oc(N4CCCC4)cc3cc2[nH]1. The maximum absolute atomic E-state index is 5.94. The third kappa shape index (κ3) is 1.38. The van der Waals surface area contributed by atoms with Gasteiger partial charge in [0.1, 0.15) is 11.4 Å². The zero-order chi connectivity index (χ0) is 12.1. The highest BCUT2D eigenvalue weighted by Gasteiger charge is 2.16. The number of aromatic amines is 1. The topological polar surface area (TPSA) is 58.2 Å². The van der Waals surface area contributed by atoms with Crippen LogP contribution in [0.15, 0.2) is 28.7 Å². The number of fused-ring (bicyclic) bond motifs is 2. The summed E-state index contributed by atoms with van der Waals surface area (Å²) in [6.07, 6.45) is 2.52. The Hall–Kier alpha value is -2.10. The molecule has 4 rings (SSSR count). The van der Waals surface area contributed by atoms with Crippen molar-refractivity contribution in [2.75, 3.05) is 23.7 Å². The molecule has 92 valence electrons. The summed E-state index contributed by atoms with van der Waals surface area (Å²) in [6, 6.07) is 8.21. The fourth-order valence-corrected chi connectivity index (χ4v) is 2.77. The number of nitrogens with one attached hydrogen (secondary N) is 1. The molecule has 0 saturated carbocycles. The predicted octanol–water partition coefficient (Wildman–Crippen LogP) is 3.10. The quantitative estimate of drug-likeness (QED) is 0.688. The molecule has 1 fully saturated rings. The molecule has 0 atom stereocenters. The Morgan fingerprint density at radius 2 is 1.89 bits per heavy atom. The molecule has 3 heterocycles. The molecule has 1 aliphatic heterocycles. The molecule has 4 nitrogen and oxygen atoms in total. The molecule has 1 aliphatic rings. The van der Waals surface area contributed by atoms with Crippen LogP contribution in [0.5, 0.6) is 0 Å². The summed E-state index contributed by atoms with van der Waals surface area (Å²) >= 11 is 0. The first-order valence-electron chi connectivity index (χ1n) is 6.36. The Bertz CT molecular complexity index is 668. The van der Waals surface area contributed by atoms with Crippen LogP contribution in [0, 0.1) is 0 Å². The first-order chi connectivity index (χ1) is 8.79. The van der Waals surface area contributed by atoms with Gasteiger partial charge >= 0.3 is 0 Å². The second kappa shape index (κ2) is 3.45. The number of nitrogens with two attached hydrogens (primary N) is 1. The van der Waals surface area contributed by atoms with Crippen LogP contribution in [0.2, 0.25) is 0 Å². The highest BCUT2D eigenvalue weighted by atomic mass is 16.4. The van der Waals surface area contributed by atoms with Gasteiger partial charge in [0.15, 0.2) is 5.88 Å². The van der Waals surface area contributed by atoms with Crippen LogP contribution < -0.4 is 10.6 Å². The zero-order valence-electron chi connectivity index (χ0n) is 10.1. The van der Waals surface area contributed by atoms with Crippen molar-refractivity contribution in [2.45, 2.75) is 12.8 Å². The highest BCUT2D eigenvalue weighted by Crippen LogP contribution is 2.31. The third-order valence-corrected chi connectivity index (χ3v) is 3.68. The smallest absolute Gasteiger partial charge is 0.196 e. The van der Waals surface area contributed by atoms with Crippen molar-refractivity contribution < 1.29 is 4.42 Å². The van der Waals surface area contributed by atoms with Crippen molar-refractivity contribution in [3.8, 4) is 0 Å². The van der Waals surface area contributed by atoms with Crippen LogP contribution in [-0.4, -0.2) is 18.1 Å². The molecule has 1 saturated heterocycles. The van der Waals surface area contributed by atoms with Crippen LogP contribution in [0.1, 0.15) is 12.8 Å². The van der Waals surface area contributed by atoms with E-state index >= 15 is 0 Å². The van der Waals surface area contributed by atoms with E-state index in [0.29, 0.717) is 5.82 Å². The van der Waals surface area contributed by atoms with Gasteiger partial charge in [-0.05, 0) is 31.0 Å². The van der Waals surface area contributed by atoms with E-state index in [9.17, 15) is 0 Å². The maximum atomic E-state index is 5.94. The van der Waals surface area contributed by atoms with Gasteiger partial charge in [-0.3, -0.25) is 0 Å². The fraction of sp³-hybridized carbons (Fsp3) is 0.286. The minimum atomic E-state index is 0.692. The van der Waals surface area contributed by atoms with Crippen LogP contribution in [0.3, 0.4) is 0 Å². The Labute approximate surface area is 104 Å². The van der Waals surface area contributed by atoms with E-state index in [1.807, 2.05) is 6.07 Å². The Kier molecular flexibility index (Phi) is 1.89. The van der Waals surface area contributed by atoms with Crippen molar-refractivity contribution in [2.24, 2.45) is 0 Å². The number of H-pyrrole nitrogens is 1. The second-order valence-corrected chi connectivity index (χ2v) is 4.98. The number of hydrogen-bond acceptors (Lipinski definition) is 3. The molecule has 18 heavy (non-hydrogen) atoms. The van der Waals surface area contributed by atoms with Crippen molar-refractivity contribution in [3.63, 3.8) is 0 Å². The number of hydrogen-bond donors (Lipinski definition) is 2. The van der Waals surface area contributed by atoms with Gasteiger partial charge in [0.25, 0.3) is 0 Å². The number of nitrogens with zero attached hydrogens (tertiary/aromatic N) is 1. The van der Waals surface area contributed by atoms with Gasteiger partial charge in [0, 0.05) is 35.4 Å². The van der Waals surface area contributed by atoms with Gasteiger partial charge in [0.05, 0.1) is 0 Å². The van der Waals surface area contributed by atoms with Crippen molar-refractivity contribution in [1.29, 1.82) is 0 Å². The van der Waals surface area contributed by atoms with Crippen molar-refractivity contribution in [1.82, 2.24) is 4.98 Å². The van der Waals surface area contributed by atoms with E-state index in [1.54, 1.807) is 0 Å². The molecule has 1 aromatic carbocycles. The molecule has 0 spiro atoms. The van der Waals surface area contributed by atoms with E-state index in [4.69, 9.17) is 10.2 Å². The lowest BCUT2D eigenvalue weighted by molar-refractivity contribution is 0.599. The van der Waals surface area contributed by atoms with Gasteiger partial charge in [-0.1, -0.05) is 0 Å². The molecule has 4 heteroatoms. The van der Waals surface area contributed by atoms with E-state index in [-0.39, 0.29) is 0 Å². The van der Waals surface area contributed by atoms with Crippen LogP contribution in [-0.2, 0) is 0 Å². The molecule has 2 aromatic heterocycles. The molecule has 0 unspecified atom stereocenters. The average Bonchev–Trinajstić information content (AvgIpc) is 3.02. The summed E-state index contributed by atoms with van der Waals surface area (Å²) in [6.45, 7) is 2.20. The lowest BCUT2D eigenvalue weighted by Gasteiger charge is -2.12. The molecule has 3 N–H and O–H groups in total. The Balaban J connectivity index is 1.88. The molecule has 0 radical (unpaired) electrons. The molecular weight excluding hydrogens is 226 g/mol. The first kappa shape index (κ1) is 9.88. The predicted molar refractivity (Wildman–Crippen MR) is 73.9 cm³/mol. The lowest BCUT2D eigenvalue weighted by atomic mass is 10.2. The Morgan fingerprint density at radius 3 is 2.72 bits per heavy atom.